The molecule has 22 heavy (non-hydrogen) atoms. The number of ketones is 1. The summed E-state index contributed by atoms with van der Waals surface area (Å²) in [5.74, 6) is -2.78. The molecule has 2 nitrogen and oxygen atoms in total. The number of aromatic nitrogens is 1. The van der Waals surface area contributed by atoms with Gasteiger partial charge in [-0.1, -0.05) is 12.1 Å². The molecule has 0 saturated heterocycles. The zero-order valence-corrected chi connectivity index (χ0v) is 11.2. The lowest BCUT2D eigenvalue weighted by Crippen LogP contribution is -1.93. The number of carbonyl (C=O) groups is 1. The van der Waals surface area contributed by atoms with E-state index in [0.717, 1.165) is 12.1 Å². The largest absolute Gasteiger partial charge is 0.360 e. The van der Waals surface area contributed by atoms with Gasteiger partial charge >= 0.3 is 0 Å². The van der Waals surface area contributed by atoms with Gasteiger partial charge in [0.25, 0.3) is 0 Å². The minimum Gasteiger partial charge on any atom is -0.360 e. The van der Waals surface area contributed by atoms with Gasteiger partial charge in [0.2, 0.25) is 0 Å². The highest BCUT2D eigenvalue weighted by Crippen LogP contribution is 2.20. The fourth-order valence-corrected chi connectivity index (χ4v) is 2.21. The number of halogens is 3. The first-order valence-electron chi connectivity index (χ1n) is 6.49. The Hall–Kier alpha value is -2.82. The Morgan fingerprint density at radius 2 is 1.91 bits per heavy atom. The highest BCUT2D eigenvalue weighted by atomic mass is 19.2. The lowest BCUT2D eigenvalue weighted by atomic mass is 10.1. The van der Waals surface area contributed by atoms with Crippen LogP contribution < -0.4 is 0 Å². The average Bonchev–Trinajstić information content (AvgIpc) is 2.91. The van der Waals surface area contributed by atoms with Crippen LogP contribution >= 0.6 is 0 Å². The Kier molecular flexibility index (Phi) is 3.55. The second-order valence-electron chi connectivity index (χ2n) is 4.73. The van der Waals surface area contributed by atoms with Crippen LogP contribution in [0, 0.1) is 17.5 Å². The minimum atomic E-state index is -1.01. The lowest BCUT2D eigenvalue weighted by molar-refractivity contribution is 0.104. The Bertz CT molecular complexity index is 896. The molecule has 0 spiro atoms. The fourth-order valence-electron chi connectivity index (χ4n) is 2.21. The summed E-state index contributed by atoms with van der Waals surface area (Å²) in [4.78, 5) is 15.0. The fraction of sp³-hybridized carbons (Fsp3) is 0. The van der Waals surface area contributed by atoms with Crippen LogP contribution in [-0.4, -0.2) is 10.8 Å². The van der Waals surface area contributed by atoms with Crippen LogP contribution in [0.4, 0.5) is 13.2 Å². The van der Waals surface area contributed by atoms with Crippen LogP contribution in [0.25, 0.3) is 17.0 Å². The quantitative estimate of drug-likeness (QED) is 0.561. The number of H-pyrrole nitrogens is 1. The topological polar surface area (TPSA) is 32.9 Å². The second-order valence-corrected chi connectivity index (χ2v) is 4.73. The predicted octanol–water partition coefficient (Wildman–Crippen LogP) is 4.48. The molecule has 0 amide bonds. The van der Waals surface area contributed by atoms with Crippen molar-refractivity contribution in [1.29, 1.82) is 0 Å². The number of benzene rings is 2. The summed E-state index contributed by atoms with van der Waals surface area (Å²) in [5, 5.41) is 0.566. The molecule has 110 valence electrons. The van der Waals surface area contributed by atoms with Crippen molar-refractivity contribution in [3.05, 3.63) is 77.2 Å². The van der Waals surface area contributed by atoms with Crippen molar-refractivity contribution in [2.24, 2.45) is 0 Å². The molecule has 0 radical (unpaired) electrons. The van der Waals surface area contributed by atoms with Crippen molar-refractivity contribution in [1.82, 2.24) is 4.98 Å². The van der Waals surface area contributed by atoms with Gasteiger partial charge in [0, 0.05) is 28.2 Å². The van der Waals surface area contributed by atoms with Crippen molar-refractivity contribution in [3.8, 4) is 0 Å². The molecule has 0 saturated carbocycles. The van der Waals surface area contributed by atoms with E-state index in [4.69, 9.17) is 0 Å². The Balaban J connectivity index is 1.93. The molecule has 3 aromatic rings. The van der Waals surface area contributed by atoms with E-state index in [1.807, 2.05) is 0 Å². The minimum absolute atomic E-state index is 0.0146. The molecule has 0 aliphatic carbocycles. The molecule has 5 heteroatoms. The molecule has 0 fully saturated rings. The van der Waals surface area contributed by atoms with Crippen molar-refractivity contribution >= 4 is 22.8 Å². The smallest absolute Gasteiger partial charge is 0.188 e. The monoisotopic (exact) mass is 301 g/mol. The van der Waals surface area contributed by atoms with Gasteiger partial charge in [0.1, 0.15) is 5.82 Å². The van der Waals surface area contributed by atoms with Gasteiger partial charge < -0.3 is 4.98 Å². The van der Waals surface area contributed by atoms with Crippen molar-refractivity contribution < 1.29 is 18.0 Å². The molecular formula is C17H10F3NO. The zero-order valence-electron chi connectivity index (χ0n) is 11.2. The summed E-state index contributed by atoms with van der Waals surface area (Å²) >= 11 is 0. The van der Waals surface area contributed by atoms with Gasteiger partial charge in [-0.05, 0) is 36.4 Å². The third kappa shape index (κ3) is 2.53. The van der Waals surface area contributed by atoms with Crippen LogP contribution in [0.5, 0.6) is 0 Å². The van der Waals surface area contributed by atoms with Crippen LogP contribution in [0.15, 0.2) is 48.7 Å². The number of hydrogen-bond donors (Lipinski definition) is 1. The molecule has 1 aromatic heterocycles. The van der Waals surface area contributed by atoms with Gasteiger partial charge in [-0.15, -0.1) is 0 Å². The molecule has 2 aromatic carbocycles. The van der Waals surface area contributed by atoms with Crippen molar-refractivity contribution in [3.63, 3.8) is 0 Å². The summed E-state index contributed by atoms with van der Waals surface area (Å²) < 4.78 is 39.7. The third-order valence-electron chi connectivity index (χ3n) is 3.30. The second kappa shape index (κ2) is 5.52. The van der Waals surface area contributed by atoms with E-state index in [1.54, 1.807) is 0 Å². The maximum atomic E-state index is 13.5. The van der Waals surface area contributed by atoms with Gasteiger partial charge in [0.15, 0.2) is 17.4 Å². The summed E-state index contributed by atoms with van der Waals surface area (Å²) in [6.45, 7) is 0. The van der Waals surface area contributed by atoms with Crippen LogP contribution in [0.2, 0.25) is 0 Å². The standard InChI is InChI=1S/C17H10F3NO/c18-11-5-6-12-13(9-21-15(12)8-11)16(22)7-4-10-2-1-3-14(19)17(10)20/h1-9,21H. The van der Waals surface area contributed by atoms with Crippen LogP contribution in [0.3, 0.4) is 0 Å². The van der Waals surface area contributed by atoms with Gasteiger partial charge in [0.05, 0.1) is 0 Å². The lowest BCUT2D eigenvalue weighted by Gasteiger charge is -1.98. The Morgan fingerprint density at radius 1 is 1.09 bits per heavy atom. The van der Waals surface area contributed by atoms with E-state index in [9.17, 15) is 18.0 Å². The van der Waals surface area contributed by atoms with E-state index < -0.39 is 17.5 Å². The van der Waals surface area contributed by atoms with Crippen molar-refractivity contribution in [2.75, 3.05) is 0 Å². The first-order chi connectivity index (χ1) is 10.6. The van der Waals surface area contributed by atoms with E-state index in [-0.39, 0.29) is 11.3 Å². The zero-order chi connectivity index (χ0) is 15.7. The number of carbonyl (C=O) groups excluding carboxylic acids is 1. The molecule has 0 atom stereocenters. The number of hydrogen-bond acceptors (Lipinski definition) is 1. The van der Waals surface area contributed by atoms with E-state index in [1.165, 1.54) is 42.6 Å². The van der Waals surface area contributed by atoms with E-state index >= 15 is 0 Å². The Labute approximate surface area is 123 Å². The summed E-state index contributed by atoms with van der Waals surface area (Å²) in [6.07, 6.45) is 3.83. The maximum absolute atomic E-state index is 13.5. The number of aromatic amines is 1. The first kappa shape index (κ1) is 14.1. The number of nitrogens with one attached hydrogen (secondary N) is 1. The van der Waals surface area contributed by atoms with Crippen molar-refractivity contribution in [2.45, 2.75) is 0 Å². The molecule has 0 aliphatic rings. The molecule has 0 bridgehead atoms. The first-order valence-corrected chi connectivity index (χ1v) is 6.49. The van der Waals surface area contributed by atoms with E-state index in [2.05, 4.69) is 4.98 Å². The molecule has 1 N–H and O–H groups in total. The molecule has 0 aliphatic heterocycles. The highest BCUT2D eigenvalue weighted by Gasteiger charge is 2.11. The van der Waals surface area contributed by atoms with E-state index in [0.29, 0.717) is 16.5 Å². The van der Waals surface area contributed by atoms with Gasteiger partial charge in [-0.3, -0.25) is 4.79 Å². The average molecular weight is 301 g/mol. The number of fused-ring (bicyclic) bond motifs is 1. The van der Waals surface area contributed by atoms with Crippen LogP contribution in [0.1, 0.15) is 15.9 Å². The maximum Gasteiger partial charge on any atom is 0.188 e. The SMILES string of the molecule is O=C(C=Cc1cccc(F)c1F)c1c[nH]c2cc(F)ccc12. The molecule has 3 rings (SSSR count). The molecule has 1 heterocycles. The third-order valence-corrected chi connectivity index (χ3v) is 3.30. The Morgan fingerprint density at radius 3 is 2.73 bits per heavy atom. The highest BCUT2D eigenvalue weighted by molar-refractivity contribution is 6.14. The summed E-state index contributed by atoms with van der Waals surface area (Å²) in [5.41, 5.74) is 0.816. The molecule has 0 unspecified atom stereocenters. The van der Waals surface area contributed by atoms with Gasteiger partial charge in [-0.25, -0.2) is 13.2 Å². The number of allylic oxidation sites excluding steroid dienone is 1. The van der Waals surface area contributed by atoms with Crippen LogP contribution in [-0.2, 0) is 0 Å². The number of rotatable bonds is 3. The summed E-state index contributed by atoms with van der Waals surface area (Å²) in [6, 6.07) is 7.75. The predicted molar refractivity (Wildman–Crippen MR) is 78.0 cm³/mol. The molecular weight excluding hydrogens is 291 g/mol. The van der Waals surface area contributed by atoms with Gasteiger partial charge in [-0.2, -0.15) is 0 Å². The summed E-state index contributed by atoms with van der Waals surface area (Å²) in [7, 11) is 0. The normalized spacial score (nSPS) is 11.4.